The molecule has 1 aliphatic rings. The highest BCUT2D eigenvalue weighted by atomic mass is 16.3. The molecule has 1 aliphatic heterocycles. The summed E-state index contributed by atoms with van der Waals surface area (Å²) < 4.78 is 5.71. The summed E-state index contributed by atoms with van der Waals surface area (Å²) in [4.78, 5) is 36.2. The molecule has 4 heterocycles. The average Bonchev–Trinajstić information content (AvgIpc) is 3.35. The van der Waals surface area contributed by atoms with Crippen molar-refractivity contribution < 1.29 is 19.1 Å². The Hall–Kier alpha value is -4.26. The Morgan fingerprint density at radius 3 is 2.55 bits per heavy atom. The van der Waals surface area contributed by atoms with Gasteiger partial charge in [0.05, 0.1) is 11.3 Å². The molecule has 1 N–H and O–H groups in total. The number of aliphatic hydroxyl groups excluding tert-OH is 1. The van der Waals surface area contributed by atoms with E-state index in [0.29, 0.717) is 11.3 Å². The summed E-state index contributed by atoms with van der Waals surface area (Å²) in [7, 11) is 0. The summed E-state index contributed by atoms with van der Waals surface area (Å²) in [6, 6.07) is 16.8. The molecule has 0 spiro atoms. The fraction of sp³-hybridized carbons (Fsp3) is 0.0833. The predicted molar refractivity (Wildman–Crippen MR) is 112 cm³/mol. The van der Waals surface area contributed by atoms with Crippen LogP contribution in [0.5, 0.6) is 0 Å². The van der Waals surface area contributed by atoms with Crippen LogP contribution in [0.15, 0.2) is 95.0 Å². The van der Waals surface area contributed by atoms with Crippen LogP contribution in [0.4, 0.5) is 0 Å². The maximum absolute atomic E-state index is 13.4. The van der Waals surface area contributed by atoms with Gasteiger partial charge in [0, 0.05) is 30.5 Å². The zero-order chi connectivity index (χ0) is 21.4. The van der Waals surface area contributed by atoms with Crippen LogP contribution in [0.2, 0.25) is 0 Å². The summed E-state index contributed by atoms with van der Waals surface area (Å²) in [6.07, 6.45) is 4.84. The SMILES string of the molecule is O=C(C1=C(O)C(=O)N(Cc2ccncc2)C1c1ccccn1)c1cc2ccccc2o1. The second kappa shape index (κ2) is 7.53. The zero-order valence-electron chi connectivity index (χ0n) is 16.3. The Morgan fingerprint density at radius 2 is 1.81 bits per heavy atom. The molecular formula is C24H17N3O4. The number of ketones is 1. The van der Waals surface area contributed by atoms with Gasteiger partial charge in [-0.2, -0.15) is 0 Å². The van der Waals surface area contributed by atoms with Gasteiger partial charge in [0.2, 0.25) is 5.78 Å². The number of aliphatic hydroxyl groups is 1. The molecule has 0 aliphatic carbocycles. The molecule has 0 fully saturated rings. The molecular weight excluding hydrogens is 394 g/mol. The Bertz CT molecular complexity index is 1280. The monoisotopic (exact) mass is 411 g/mol. The number of aromatic nitrogens is 2. The topological polar surface area (TPSA) is 96.5 Å². The second-order valence-electron chi connectivity index (χ2n) is 7.19. The van der Waals surface area contributed by atoms with Crippen molar-refractivity contribution in [2.75, 3.05) is 0 Å². The molecule has 0 saturated heterocycles. The largest absolute Gasteiger partial charge is 0.503 e. The van der Waals surface area contributed by atoms with Gasteiger partial charge in [0.25, 0.3) is 5.91 Å². The van der Waals surface area contributed by atoms with Gasteiger partial charge in [0.15, 0.2) is 11.5 Å². The van der Waals surface area contributed by atoms with Gasteiger partial charge in [-0.3, -0.25) is 19.6 Å². The second-order valence-corrected chi connectivity index (χ2v) is 7.19. The van der Waals surface area contributed by atoms with E-state index in [0.717, 1.165) is 10.9 Å². The van der Waals surface area contributed by atoms with Crippen LogP contribution >= 0.6 is 0 Å². The highest BCUT2D eigenvalue weighted by Gasteiger charge is 2.45. The minimum Gasteiger partial charge on any atom is -0.503 e. The summed E-state index contributed by atoms with van der Waals surface area (Å²) in [5, 5.41) is 11.5. The fourth-order valence-electron chi connectivity index (χ4n) is 3.81. The third-order valence-electron chi connectivity index (χ3n) is 5.27. The van der Waals surface area contributed by atoms with Crippen LogP contribution in [0.1, 0.15) is 27.9 Å². The Morgan fingerprint density at radius 1 is 1.03 bits per heavy atom. The van der Waals surface area contributed by atoms with Gasteiger partial charge in [0.1, 0.15) is 11.6 Å². The molecule has 7 heteroatoms. The van der Waals surface area contributed by atoms with Crippen LogP contribution in [0, 0.1) is 0 Å². The first-order valence-corrected chi connectivity index (χ1v) is 9.70. The molecule has 4 aromatic rings. The van der Waals surface area contributed by atoms with Crippen molar-refractivity contribution >= 4 is 22.7 Å². The van der Waals surface area contributed by atoms with E-state index in [9.17, 15) is 14.7 Å². The van der Waals surface area contributed by atoms with Crippen LogP contribution < -0.4 is 0 Å². The van der Waals surface area contributed by atoms with Crippen LogP contribution in [0.3, 0.4) is 0 Å². The summed E-state index contributed by atoms with van der Waals surface area (Å²) in [6.45, 7) is 0.184. The minimum absolute atomic E-state index is 0.0446. The number of para-hydroxylation sites is 1. The highest BCUT2D eigenvalue weighted by Crippen LogP contribution is 2.39. The van der Waals surface area contributed by atoms with E-state index in [4.69, 9.17) is 4.42 Å². The zero-order valence-corrected chi connectivity index (χ0v) is 16.3. The molecule has 1 atom stereocenters. The lowest BCUT2D eigenvalue weighted by Crippen LogP contribution is -2.31. The van der Waals surface area contributed by atoms with Crippen LogP contribution in [-0.4, -0.2) is 31.7 Å². The van der Waals surface area contributed by atoms with Gasteiger partial charge in [-0.25, -0.2) is 0 Å². The number of benzene rings is 1. The van der Waals surface area contributed by atoms with Gasteiger partial charge in [-0.15, -0.1) is 0 Å². The molecule has 0 radical (unpaired) electrons. The van der Waals surface area contributed by atoms with Gasteiger partial charge in [-0.1, -0.05) is 24.3 Å². The van der Waals surface area contributed by atoms with E-state index < -0.39 is 23.5 Å². The fourth-order valence-corrected chi connectivity index (χ4v) is 3.81. The van der Waals surface area contributed by atoms with Crippen molar-refractivity contribution in [1.29, 1.82) is 0 Å². The van der Waals surface area contributed by atoms with E-state index in [2.05, 4.69) is 9.97 Å². The Labute approximate surface area is 177 Å². The minimum atomic E-state index is -0.845. The van der Waals surface area contributed by atoms with Crippen LogP contribution in [-0.2, 0) is 11.3 Å². The van der Waals surface area contributed by atoms with E-state index >= 15 is 0 Å². The summed E-state index contributed by atoms with van der Waals surface area (Å²) in [5.41, 5.74) is 1.80. The third-order valence-corrected chi connectivity index (χ3v) is 5.27. The number of furan rings is 1. The van der Waals surface area contributed by atoms with Crippen molar-refractivity contribution in [3.8, 4) is 0 Å². The molecule has 152 valence electrons. The highest BCUT2D eigenvalue weighted by molar-refractivity contribution is 6.15. The molecule has 1 unspecified atom stereocenters. The van der Waals surface area contributed by atoms with E-state index in [1.54, 1.807) is 61.1 Å². The first-order valence-electron chi connectivity index (χ1n) is 9.70. The smallest absolute Gasteiger partial charge is 0.290 e. The Balaban J connectivity index is 1.59. The van der Waals surface area contributed by atoms with Crippen molar-refractivity contribution in [3.05, 3.63) is 108 Å². The van der Waals surface area contributed by atoms with Gasteiger partial charge in [-0.05, 0) is 42.0 Å². The molecule has 0 bridgehead atoms. The number of fused-ring (bicyclic) bond motifs is 1. The number of rotatable bonds is 5. The molecule has 1 amide bonds. The molecule has 3 aromatic heterocycles. The maximum atomic E-state index is 13.4. The number of hydrogen-bond donors (Lipinski definition) is 1. The quantitative estimate of drug-likeness (QED) is 0.499. The van der Waals surface area contributed by atoms with E-state index in [1.807, 2.05) is 18.2 Å². The van der Waals surface area contributed by atoms with Gasteiger partial charge >= 0.3 is 0 Å². The number of carbonyl (C=O) groups is 2. The Kier molecular flexibility index (Phi) is 4.55. The van der Waals surface area contributed by atoms with Crippen molar-refractivity contribution in [3.63, 3.8) is 0 Å². The van der Waals surface area contributed by atoms with Crippen LogP contribution in [0.25, 0.3) is 11.0 Å². The number of Topliss-reactive ketones (excluding diaryl/α,β-unsaturated/α-hetero) is 1. The number of hydrogen-bond acceptors (Lipinski definition) is 6. The lowest BCUT2D eigenvalue weighted by Gasteiger charge is -2.25. The molecule has 31 heavy (non-hydrogen) atoms. The first-order chi connectivity index (χ1) is 15.1. The molecule has 1 aromatic carbocycles. The van der Waals surface area contributed by atoms with E-state index in [1.165, 1.54) is 4.90 Å². The number of nitrogens with zero attached hydrogens (tertiary/aromatic N) is 3. The lowest BCUT2D eigenvalue weighted by molar-refractivity contribution is -0.130. The van der Waals surface area contributed by atoms with E-state index in [-0.39, 0.29) is 17.9 Å². The predicted octanol–water partition coefficient (Wildman–Crippen LogP) is 4.00. The number of carbonyl (C=O) groups excluding carboxylic acids is 2. The third kappa shape index (κ3) is 3.26. The molecule has 7 nitrogen and oxygen atoms in total. The molecule has 0 saturated carbocycles. The lowest BCUT2D eigenvalue weighted by atomic mass is 9.98. The summed E-state index contributed by atoms with van der Waals surface area (Å²) in [5.74, 6) is -1.71. The summed E-state index contributed by atoms with van der Waals surface area (Å²) >= 11 is 0. The van der Waals surface area contributed by atoms with Crippen molar-refractivity contribution in [2.45, 2.75) is 12.6 Å². The van der Waals surface area contributed by atoms with Crippen molar-refractivity contribution in [1.82, 2.24) is 14.9 Å². The normalized spacial score (nSPS) is 16.3. The average molecular weight is 411 g/mol. The maximum Gasteiger partial charge on any atom is 0.290 e. The number of amides is 1. The van der Waals surface area contributed by atoms with Crippen molar-refractivity contribution in [2.24, 2.45) is 0 Å². The van der Waals surface area contributed by atoms with Gasteiger partial charge < -0.3 is 14.4 Å². The number of pyridine rings is 2. The first kappa shape index (κ1) is 18.7. The standard InChI is InChI=1S/C24H17N3O4/c28-22(19-13-16-5-1-2-7-18(16)31-19)20-21(17-6-3-4-10-26-17)27(24(30)23(20)29)14-15-8-11-25-12-9-15/h1-13,21,29H,14H2. The molecule has 5 rings (SSSR count).